The van der Waals surface area contributed by atoms with E-state index in [1.165, 1.54) is 12.7 Å². The summed E-state index contributed by atoms with van der Waals surface area (Å²) in [6.45, 7) is 4.49. The van der Waals surface area contributed by atoms with Crippen LogP contribution in [0.3, 0.4) is 0 Å². The van der Waals surface area contributed by atoms with E-state index >= 15 is 0 Å². The summed E-state index contributed by atoms with van der Waals surface area (Å²) in [7, 11) is 1.41. The Balaban J connectivity index is 2.26. The summed E-state index contributed by atoms with van der Waals surface area (Å²) in [5.41, 5.74) is 1.32. The predicted octanol–water partition coefficient (Wildman–Crippen LogP) is 2.13. The number of methoxy groups -OCH3 is 1. The summed E-state index contributed by atoms with van der Waals surface area (Å²) < 4.78 is 10.4. The van der Waals surface area contributed by atoms with Crippen molar-refractivity contribution in [3.63, 3.8) is 0 Å². The third kappa shape index (κ3) is 2.20. The van der Waals surface area contributed by atoms with Gasteiger partial charge < -0.3 is 14.8 Å². The molecule has 1 saturated heterocycles. The minimum absolute atomic E-state index is 0.203. The van der Waals surface area contributed by atoms with Crippen LogP contribution in [-0.4, -0.2) is 31.3 Å². The summed E-state index contributed by atoms with van der Waals surface area (Å²) in [6.07, 6.45) is 0.417. The molecule has 1 aliphatic heterocycles. The van der Waals surface area contributed by atoms with Crippen LogP contribution in [0.25, 0.3) is 0 Å². The largest absolute Gasteiger partial charge is 0.467 e. The van der Waals surface area contributed by atoms with Gasteiger partial charge in [-0.15, -0.1) is 0 Å². The Morgan fingerprint density at radius 3 is 2.61 bits per heavy atom. The van der Waals surface area contributed by atoms with Gasteiger partial charge in [0, 0.05) is 18.7 Å². The molecule has 1 aromatic carbocycles. The van der Waals surface area contributed by atoms with Gasteiger partial charge in [-0.1, -0.05) is 17.7 Å². The van der Waals surface area contributed by atoms with E-state index < -0.39 is 5.54 Å². The number of ether oxygens (including phenoxy) is 2. The van der Waals surface area contributed by atoms with Gasteiger partial charge in [0.25, 0.3) is 0 Å². The molecule has 2 unspecified atom stereocenters. The number of benzene rings is 1. The molecule has 98 valence electrons. The number of hydrogen-bond donors (Lipinski definition) is 1. The SMILES string of the molecule is COC(=O)C1(Nc2ccc(C)cc2)CCOC1C. The van der Waals surface area contributed by atoms with E-state index in [1.54, 1.807) is 0 Å². The standard InChI is InChI=1S/C14H19NO3/c1-10-4-6-12(7-5-10)15-14(13(16)17-3)8-9-18-11(14)2/h4-7,11,15H,8-9H2,1-3H3. The minimum atomic E-state index is -0.774. The van der Waals surface area contributed by atoms with E-state index in [4.69, 9.17) is 9.47 Å². The zero-order valence-corrected chi connectivity index (χ0v) is 11.0. The molecule has 4 nitrogen and oxygen atoms in total. The molecule has 4 heteroatoms. The van der Waals surface area contributed by atoms with Gasteiger partial charge in [-0.2, -0.15) is 0 Å². The Kier molecular flexibility index (Phi) is 3.57. The monoisotopic (exact) mass is 249 g/mol. The van der Waals surface area contributed by atoms with Gasteiger partial charge in [-0.05, 0) is 26.0 Å². The van der Waals surface area contributed by atoms with Gasteiger partial charge in [-0.3, -0.25) is 0 Å². The average Bonchev–Trinajstić information content (AvgIpc) is 2.74. The van der Waals surface area contributed by atoms with E-state index in [2.05, 4.69) is 5.32 Å². The molecular weight excluding hydrogens is 230 g/mol. The van der Waals surface area contributed by atoms with Crippen LogP contribution in [0.2, 0.25) is 0 Å². The van der Waals surface area contributed by atoms with E-state index in [0.29, 0.717) is 13.0 Å². The Morgan fingerprint density at radius 2 is 2.11 bits per heavy atom. The lowest BCUT2D eigenvalue weighted by molar-refractivity contribution is -0.147. The zero-order chi connectivity index (χ0) is 13.2. The highest BCUT2D eigenvalue weighted by atomic mass is 16.5. The second-order valence-electron chi connectivity index (χ2n) is 4.72. The number of anilines is 1. The van der Waals surface area contributed by atoms with Crippen LogP contribution in [0, 0.1) is 6.92 Å². The number of carbonyl (C=O) groups excluding carboxylic acids is 1. The second kappa shape index (κ2) is 4.98. The molecule has 0 bridgehead atoms. The molecule has 0 aromatic heterocycles. The van der Waals surface area contributed by atoms with Gasteiger partial charge in [0.1, 0.15) is 0 Å². The van der Waals surface area contributed by atoms with Gasteiger partial charge in [-0.25, -0.2) is 4.79 Å². The van der Waals surface area contributed by atoms with Crippen LogP contribution < -0.4 is 5.32 Å². The molecule has 2 atom stereocenters. The van der Waals surface area contributed by atoms with E-state index in [9.17, 15) is 4.79 Å². The number of aryl methyl sites for hydroxylation is 1. The topological polar surface area (TPSA) is 47.6 Å². The normalized spacial score (nSPS) is 26.9. The number of esters is 1. The van der Waals surface area contributed by atoms with Crippen molar-refractivity contribution < 1.29 is 14.3 Å². The highest BCUT2D eigenvalue weighted by molar-refractivity contribution is 5.85. The van der Waals surface area contributed by atoms with Crippen molar-refractivity contribution in [1.82, 2.24) is 0 Å². The van der Waals surface area contributed by atoms with Crippen molar-refractivity contribution in [3.8, 4) is 0 Å². The van der Waals surface area contributed by atoms with Crippen molar-refractivity contribution in [2.45, 2.75) is 31.9 Å². The first kappa shape index (κ1) is 12.9. The van der Waals surface area contributed by atoms with E-state index in [-0.39, 0.29) is 12.1 Å². The third-order valence-electron chi connectivity index (χ3n) is 3.53. The van der Waals surface area contributed by atoms with Crippen molar-refractivity contribution in [2.75, 3.05) is 19.0 Å². The highest BCUT2D eigenvalue weighted by Gasteiger charge is 2.49. The maximum atomic E-state index is 12.1. The van der Waals surface area contributed by atoms with Crippen LogP contribution in [0.4, 0.5) is 5.69 Å². The second-order valence-corrected chi connectivity index (χ2v) is 4.72. The van der Waals surface area contributed by atoms with Crippen molar-refractivity contribution >= 4 is 11.7 Å². The number of hydrogen-bond acceptors (Lipinski definition) is 4. The van der Waals surface area contributed by atoms with Crippen molar-refractivity contribution in [3.05, 3.63) is 29.8 Å². The molecule has 0 aliphatic carbocycles. The van der Waals surface area contributed by atoms with Gasteiger partial charge in [0.15, 0.2) is 5.54 Å². The molecule has 1 fully saturated rings. The smallest absolute Gasteiger partial charge is 0.334 e. The Labute approximate surface area is 107 Å². The molecule has 1 aromatic rings. The average molecular weight is 249 g/mol. The van der Waals surface area contributed by atoms with Crippen LogP contribution in [0.1, 0.15) is 18.9 Å². The molecule has 0 saturated carbocycles. The lowest BCUT2D eigenvalue weighted by Gasteiger charge is -2.31. The van der Waals surface area contributed by atoms with Crippen molar-refractivity contribution in [1.29, 1.82) is 0 Å². The third-order valence-corrected chi connectivity index (χ3v) is 3.53. The highest BCUT2D eigenvalue weighted by Crippen LogP contribution is 2.31. The summed E-state index contributed by atoms with van der Waals surface area (Å²) in [4.78, 5) is 12.1. The van der Waals surface area contributed by atoms with Gasteiger partial charge in [0.2, 0.25) is 0 Å². The van der Waals surface area contributed by atoms with Crippen LogP contribution >= 0.6 is 0 Å². The molecule has 0 spiro atoms. The minimum Gasteiger partial charge on any atom is -0.467 e. The van der Waals surface area contributed by atoms with Gasteiger partial charge >= 0.3 is 5.97 Å². The summed E-state index contributed by atoms with van der Waals surface area (Å²) in [5.74, 6) is -0.270. The molecule has 1 heterocycles. The molecule has 1 N–H and O–H groups in total. The number of rotatable bonds is 3. The van der Waals surface area contributed by atoms with Crippen molar-refractivity contribution in [2.24, 2.45) is 0 Å². The molecular formula is C14H19NO3. The van der Waals surface area contributed by atoms with E-state index in [0.717, 1.165) is 5.69 Å². The summed E-state index contributed by atoms with van der Waals surface area (Å²) in [5, 5.41) is 3.28. The fourth-order valence-corrected chi connectivity index (χ4v) is 2.30. The summed E-state index contributed by atoms with van der Waals surface area (Å²) >= 11 is 0. The molecule has 0 radical (unpaired) electrons. The first-order valence-corrected chi connectivity index (χ1v) is 6.13. The molecule has 0 amide bonds. The maximum absolute atomic E-state index is 12.1. The quantitative estimate of drug-likeness (QED) is 0.834. The summed E-state index contributed by atoms with van der Waals surface area (Å²) in [6, 6.07) is 7.94. The first-order valence-electron chi connectivity index (χ1n) is 6.13. The molecule has 2 rings (SSSR count). The Morgan fingerprint density at radius 1 is 1.44 bits per heavy atom. The number of nitrogens with one attached hydrogen (secondary N) is 1. The maximum Gasteiger partial charge on any atom is 0.334 e. The molecule has 18 heavy (non-hydrogen) atoms. The van der Waals surface area contributed by atoms with Crippen LogP contribution in [-0.2, 0) is 14.3 Å². The Hall–Kier alpha value is -1.55. The van der Waals surface area contributed by atoms with Gasteiger partial charge in [0.05, 0.1) is 13.2 Å². The van der Waals surface area contributed by atoms with Crippen LogP contribution in [0.5, 0.6) is 0 Å². The predicted molar refractivity (Wildman–Crippen MR) is 69.6 cm³/mol. The molecule has 1 aliphatic rings. The lowest BCUT2D eigenvalue weighted by Crippen LogP contribution is -2.52. The Bertz CT molecular complexity index is 429. The lowest BCUT2D eigenvalue weighted by atomic mass is 9.91. The van der Waals surface area contributed by atoms with Crippen LogP contribution in [0.15, 0.2) is 24.3 Å². The fraction of sp³-hybridized carbons (Fsp3) is 0.500. The zero-order valence-electron chi connectivity index (χ0n) is 11.0. The first-order chi connectivity index (χ1) is 8.58. The number of carbonyl (C=O) groups is 1. The van der Waals surface area contributed by atoms with E-state index in [1.807, 2.05) is 38.1 Å². The fourth-order valence-electron chi connectivity index (χ4n) is 2.30.